The largest absolute Gasteiger partial charge is 0.461 e. The van der Waals surface area contributed by atoms with Crippen LogP contribution >= 0.6 is 11.8 Å². The monoisotopic (exact) mass is 294 g/mol. The van der Waals surface area contributed by atoms with Crippen LogP contribution in [0, 0.1) is 0 Å². The van der Waals surface area contributed by atoms with Crippen LogP contribution in [0.4, 0.5) is 0 Å². The number of carbonyl (C=O) groups excluding carboxylic acids is 1. The van der Waals surface area contributed by atoms with Gasteiger partial charge in [0.1, 0.15) is 0 Å². The summed E-state index contributed by atoms with van der Waals surface area (Å²) in [6.07, 6.45) is 2.51. The summed E-state index contributed by atoms with van der Waals surface area (Å²) in [5.74, 6) is 1.65. The van der Waals surface area contributed by atoms with E-state index < -0.39 is 0 Å². The average molecular weight is 294 g/mol. The van der Waals surface area contributed by atoms with E-state index in [2.05, 4.69) is 15.5 Å². The first-order chi connectivity index (χ1) is 9.61. The van der Waals surface area contributed by atoms with Crippen molar-refractivity contribution in [1.29, 1.82) is 0 Å². The van der Waals surface area contributed by atoms with Crippen LogP contribution < -0.4 is 5.32 Å². The van der Waals surface area contributed by atoms with E-state index in [1.807, 2.05) is 31.5 Å². The lowest BCUT2D eigenvalue weighted by Crippen LogP contribution is -2.33. The molecule has 7 heteroatoms. The molecule has 0 aliphatic carbocycles. The van der Waals surface area contributed by atoms with Gasteiger partial charge in [0.15, 0.2) is 16.7 Å². The SMILES string of the molecule is CC[C@H](C)NC(=O)CSc1nnc(-c2ccco2)n1C. The topological polar surface area (TPSA) is 73.0 Å². The van der Waals surface area contributed by atoms with E-state index in [9.17, 15) is 4.79 Å². The minimum Gasteiger partial charge on any atom is -0.461 e. The Balaban J connectivity index is 1.96. The molecule has 0 saturated carbocycles. The number of furan rings is 1. The maximum absolute atomic E-state index is 11.7. The number of hydrogen-bond donors (Lipinski definition) is 1. The van der Waals surface area contributed by atoms with Gasteiger partial charge in [-0.25, -0.2) is 0 Å². The number of carbonyl (C=O) groups is 1. The van der Waals surface area contributed by atoms with E-state index in [4.69, 9.17) is 4.42 Å². The molecular formula is C13H18N4O2S. The van der Waals surface area contributed by atoms with Gasteiger partial charge in [-0.3, -0.25) is 4.79 Å². The lowest BCUT2D eigenvalue weighted by atomic mass is 10.3. The van der Waals surface area contributed by atoms with Gasteiger partial charge in [0.25, 0.3) is 0 Å². The molecule has 1 atom stereocenters. The van der Waals surface area contributed by atoms with E-state index in [0.29, 0.717) is 22.5 Å². The van der Waals surface area contributed by atoms with Crippen LogP contribution in [0.25, 0.3) is 11.6 Å². The summed E-state index contributed by atoms with van der Waals surface area (Å²) in [6.45, 7) is 4.02. The molecule has 0 aliphatic rings. The van der Waals surface area contributed by atoms with Crippen LogP contribution in [0.15, 0.2) is 28.0 Å². The number of hydrogen-bond acceptors (Lipinski definition) is 5. The molecule has 2 aromatic rings. The van der Waals surface area contributed by atoms with Crippen LogP contribution in [0.1, 0.15) is 20.3 Å². The average Bonchev–Trinajstić information content (AvgIpc) is 3.06. The van der Waals surface area contributed by atoms with Gasteiger partial charge in [-0.2, -0.15) is 0 Å². The predicted octanol–water partition coefficient (Wildman–Crippen LogP) is 2.08. The fourth-order valence-electron chi connectivity index (χ4n) is 1.61. The fourth-order valence-corrected chi connectivity index (χ4v) is 2.33. The van der Waals surface area contributed by atoms with Crippen molar-refractivity contribution in [3.63, 3.8) is 0 Å². The van der Waals surface area contributed by atoms with E-state index >= 15 is 0 Å². The summed E-state index contributed by atoms with van der Waals surface area (Å²) in [5, 5.41) is 11.8. The van der Waals surface area contributed by atoms with E-state index in [-0.39, 0.29) is 11.9 Å². The molecule has 1 N–H and O–H groups in total. The van der Waals surface area contributed by atoms with Crippen LogP contribution in [0.3, 0.4) is 0 Å². The first kappa shape index (κ1) is 14.6. The van der Waals surface area contributed by atoms with Crippen LogP contribution in [-0.2, 0) is 11.8 Å². The Morgan fingerprint density at radius 2 is 2.35 bits per heavy atom. The zero-order chi connectivity index (χ0) is 14.5. The van der Waals surface area contributed by atoms with Crippen molar-refractivity contribution in [2.75, 3.05) is 5.75 Å². The second-order valence-electron chi connectivity index (χ2n) is 4.51. The lowest BCUT2D eigenvalue weighted by Gasteiger charge is -2.10. The maximum Gasteiger partial charge on any atom is 0.230 e. The number of nitrogens with zero attached hydrogens (tertiary/aromatic N) is 3. The van der Waals surface area contributed by atoms with Crippen LogP contribution in [-0.4, -0.2) is 32.5 Å². The molecule has 2 aromatic heterocycles. The minimum atomic E-state index is 0.00639. The quantitative estimate of drug-likeness (QED) is 0.826. The molecule has 0 spiro atoms. The first-order valence-electron chi connectivity index (χ1n) is 6.47. The van der Waals surface area contributed by atoms with Gasteiger partial charge >= 0.3 is 0 Å². The van der Waals surface area contributed by atoms with Gasteiger partial charge in [0.05, 0.1) is 12.0 Å². The van der Waals surface area contributed by atoms with Crippen molar-refractivity contribution in [3.05, 3.63) is 18.4 Å². The molecule has 108 valence electrons. The molecule has 0 radical (unpaired) electrons. The molecule has 2 heterocycles. The summed E-state index contributed by atoms with van der Waals surface area (Å²) in [6, 6.07) is 3.83. The van der Waals surface area contributed by atoms with Crippen LogP contribution in [0.5, 0.6) is 0 Å². The van der Waals surface area contributed by atoms with Gasteiger partial charge < -0.3 is 14.3 Å². The molecule has 0 aliphatic heterocycles. The maximum atomic E-state index is 11.7. The Hall–Kier alpha value is -1.76. The van der Waals surface area contributed by atoms with Crippen molar-refractivity contribution < 1.29 is 9.21 Å². The first-order valence-corrected chi connectivity index (χ1v) is 7.45. The molecule has 0 aromatic carbocycles. The third-order valence-corrected chi connectivity index (χ3v) is 3.95. The number of aromatic nitrogens is 3. The number of thioether (sulfide) groups is 1. The minimum absolute atomic E-state index is 0.00639. The summed E-state index contributed by atoms with van der Waals surface area (Å²) >= 11 is 1.36. The highest BCUT2D eigenvalue weighted by molar-refractivity contribution is 7.99. The molecular weight excluding hydrogens is 276 g/mol. The molecule has 1 amide bonds. The van der Waals surface area contributed by atoms with Gasteiger partial charge in [0.2, 0.25) is 5.91 Å². The summed E-state index contributed by atoms with van der Waals surface area (Å²) in [4.78, 5) is 11.7. The fraction of sp³-hybridized carbons (Fsp3) is 0.462. The van der Waals surface area contributed by atoms with Crippen molar-refractivity contribution >= 4 is 17.7 Å². The molecule has 20 heavy (non-hydrogen) atoms. The second-order valence-corrected chi connectivity index (χ2v) is 5.45. The Morgan fingerprint density at radius 1 is 1.55 bits per heavy atom. The van der Waals surface area contributed by atoms with E-state index in [0.717, 1.165) is 6.42 Å². The number of nitrogens with one attached hydrogen (secondary N) is 1. The van der Waals surface area contributed by atoms with Gasteiger partial charge in [-0.1, -0.05) is 18.7 Å². The van der Waals surface area contributed by atoms with Crippen molar-refractivity contribution in [3.8, 4) is 11.6 Å². The third-order valence-electron chi connectivity index (χ3n) is 2.93. The third kappa shape index (κ3) is 3.41. The lowest BCUT2D eigenvalue weighted by molar-refractivity contribution is -0.119. The Morgan fingerprint density at radius 3 is 3.00 bits per heavy atom. The highest BCUT2D eigenvalue weighted by atomic mass is 32.2. The summed E-state index contributed by atoms with van der Waals surface area (Å²) in [7, 11) is 1.85. The van der Waals surface area contributed by atoms with Crippen molar-refractivity contribution in [2.24, 2.45) is 7.05 Å². The number of rotatable bonds is 6. The zero-order valence-corrected chi connectivity index (χ0v) is 12.6. The molecule has 0 fully saturated rings. The Labute approximate surface area is 121 Å². The van der Waals surface area contributed by atoms with Crippen molar-refractivity contribution in [1.82, 2.24) is 20.1 Å². The smallest absolute Gasteiger partial charge is 0.230 e. The second kappa shape index (κ2) is 6.60. The summed E-state index contributed by atoms with van der Waals surface area (Å²) < 4.78 is 7.11. The Bertz CT molecular complexity index is 565. The molecule has 6 nitrogen and oxygen atoms in total. The number of amides is 1. The van der Waals surface area contributed by atoms with E-state index in [1.54, 1.807) is 12.3 Å². The normalized spacial score (nSPS) is 12.3. The van der Waals surface area contributed by atoms with Crippen LogP contribution in [0.2, 0.25) is 0 Å². The molecule has 0 unspecified atom stereocenters. The molecule has 0 bridgehead atoms. The standard InChI is InChI=1S/C13H18N4O2S/c1-4-9(2)14-11(18)8-20-13-16-15-12(17(13)3)10-6-5-7-19-10/h5-7,9H,4,8H2,1-3H3,(H,14,18)/t9-/m0/s1. The van der Waals surface area contributed by atoms with Gasteiger partial charge in [-0.05, 0) is 25.5 Å². The van der Waals surface area contributed by atoms with Gasteiger partial charge in [0, 0.05) is 13.1 Å². The molecule has 2 rings (SSSR count). The van der Waals surface area contributed by atoms with Crippen molar-refractivity contribution in [2.45, 2.75) is 31.5 Å². The Kier molecular flexibility index (Phi) is 4.84. The molecule has 0 saturated heterocycles. The summed E-state index contributed by atoms with van der Waals surface area (Å²) in [5.41, 5.74) is 0. The van der Waals surface area contributed by atoms with E-state index in [1.165, 1.54) is 11.8 Å². The van der Waals surface area contributed by atoms with Gasteiger partial charge in [-0.15, -0.1) is 10.2 Å². The highest BCUT2D eigenvalue weighted by Crippen LogP contribution is 2.22. The zero-order valence-electron chi connectivity index (χ0n) is 11.8. The highest BCUT2D eigenvalue weighted by Gasteiger charge is 2.14. The predicted molar refractivity (Wildman–Crippen MR) is 77.3 cm³/mol.